The van der Waals surface area contributed by atoms with E-state index in [0.717, 1.165) is 12.0 Å². The number of aryl methyl sites for hydroxylation is 2. The van der Waals surface area contributed by atoms with E-state index < -0.39 is 0 Å². The molecule has 0 fully saturated rings. The zero-order valence-corrected chi connectivity index (χ0v) is 20.7. The largest absolute Gasteiger partial charge is 0.493 e. The van der Waals surface area contributed by atoms with Gasteiger partial charge in [0.2, 0.25) is 0 Å². The van der Waals surface area contributed by atoms with Gasteiger partial charge in [-0.25, -0.2) is 0 Å². The summed E-state index contributed by atoms with van der Waals surface area (Å²) in [7, 11) is 0. The van der Waals surface area contributed by atoms with E-state index in [9.17, 15) is 4.79 Å². The lowest BCUT2D eigenvalue weighted by atomic mass is 10.1. The number of hydrogen-bond donors (Lipinski definition) is 0. The van der Waals surface area contributed by atoms with Crippen LogP contribution in [0.5, 0.6) is 17.2 Å². The molecule has 3 aromatic rings. The first-order valence-electron chi connectivity index (χ1n) is 11.1. The van der Waals surface area contributed by atoms with Gasteiger partial charge in [-0.2, -0.15) is 0 Å². The molecule has 0 aliphatic heterocycles. The van der Waals surface area contributed by atoms with Crippen molar-refractivity contribution < 1.29 is 14.2 Å². The third kappa shape index (κ3) is 6.68. The van der Waals surface area contributed by atoms with Crippen molar-refractivity contribution in [1.82, 2.24) is 4.57 Å². The van der Waals surface area contributed by atoms with Gasteiger partial charge in [0.05, 0.1) is 23.9 Å². The van der Waals surface area contributed by atoms with Gasteiger partial charge in [0.1, 0.15) is 17.4 Å². The van der Waals surface area contributed by atoms with Crippen LogP contribution in [0, 0.1) is 6.92 Å². The van der Waals surface area contributed by atoms with Gasteiger partial charge in [0.25, 0.3) is 5.56 Å². The number of ether oxygens (including phenoxy) is 3. The summed E-state index contributed by atoms with van der Waals surface area (Å²) < 4.78 is 19.1. The molecule has 0 aliphatic carbocycles. The Balaban J connectivity index is 1.86. The number of benzene rings is 2. The standard InChI is InChI=1S/C26H29Cl2NO4/c1-4-14-32-20-10-11-24(31-5-2)25(15-20)33-17-23-21(27)16-22(28)26(30)29(23)13-12-19-8-6-18(3)7-9-19/h6-11,15-16H,4-5,12-14,17H2,1-3H3. The van der Waals surface area contributed by atoms with Crippen molar-refractivity contribution in [2.24, 2.45) is 0 Å². The van der Waals surface area contributed by atoms with Crippen molar-refractivity contribution in [3.8, 4) is 17.2 Å². The van der Waals surface area contributed by atoms with Crippen molar-refractivity contribution >= 4 is 23.2 Å². The maximum absolute atomic E-state index is 12.8. The van der Waals surface area contributed by atoms with Crippen LogP contribution in [-0.4, -0.2) is 17.8 Å². The molecule has 0 amide bonds. The van der Waals surface area contributed by atoms with Gasteiger partial charge in [-0.3, -0.25) is 4.79 Å². The zero-order chi connectivity index (χ0) is 23.8. The Bertz CT molecular complexity index is 1130. The predicted molar refractivity (Wildman–Crippen MR) is 133 cm³/mol. The minimum absolute atomic E-state index is 0.0798. The summed E-state index contributed by atoms with van der Waals surface area (Å²) in [6.07, 6.45) is 1.56. The molecule has 0 radical (unpaired) electrons. The van der Waals surface area contributed by atoms with Gasteiger partial charge < -0.3 is 18.8 Å². The van der Waals surface area contributed by atoms with E-state index in [1.54, 1.807) is 10.6 Å². The molecule has 7 heteroatoms. The second-order valence-corrected chi connectivity index (χ2v) is 8.47. The van der Waals surface area contributed by atoms with Crippen molar-refractivity contribution in [2.45, 2.75) is 46.8 Å². The number of hydrogen-bond acceptors (Lipinski definition) is 4. The topological polar surface area (TPSA) is 49.7 Å². The number of nitrogens with zero attached hydrogens (tertiary/aromatic N) is 1. The summed E-state index contributed by atoms with van der Waals surface area (Å²) in [4.78, 5) is 12.8. The highest BCUT2D eigenvalue weighted by atomic mass is 35.5. The van der Waals surface area contributed by atoms with Crippen LogP contribution in [0.15, 0.2) is 53.3 Å². The SMILES string of the molecule is CCCOc1ccc(OCC)c(OCc2c(Cl)cc(Cl)c(=O)n2CCc2ccc(C)cc2)c1. The molecule has 0 saturated heterocycles. The molecule has 0 bridgehead atoms. The van der Waals surface area contributed by atoms with Gasteiger partial charge in [0.15, 0.2) is 11.5 Å². The van der Waals surface area contributed by atoms with Crippen LogP contribution in [0.25, 0.3) is 0 Å². The molecule has 0 N–H and O–H groups in total. The fraction of sp³-hybridized carbons (Fsp3) is 0.346. The zero-order valence-electron chi connectivity index (χ0n) is 19.2. The second-order valence-electron chi connectivity index (χ2n) is 7.66. The molecule has 33 heavy (non-hydrogen) atoms. The summed E-state index contributed by atoms with van der Waals surface area (Å²) in [6.45, 7) is 7.60. The first-order valence-corrected chi connectivity index (χ1v) is 11.8. The molecule has 0 atom stereocenters. The van der Waals surface area contributed by atoms with Crippen LogP contribution >= 0.6 is 23.2 Å². The quantitative estimate of drug-likeness (QED) is 0.309. The van der Waals surface area contributed by atoms with E-state index in [4.69, 9.17) is 37.4 Å². The Morgan fingerprint density at radius 3 is 2.33 bits per heavy atom. The molecule has 0 unspecified atom stereocenters. The lowest BCUT2D eigenvalue weighted by Crippen LogP contribution is -2.26. The molecule has 176 valence electrons. The van der Waals surface area contributed by atoms with Crippen LogP contribution in [0.3, 0.4) is 0 Å². The molecule has 0 aliphatic rings. The van der Waals surface area contributed by atoms with Crippen molar-refractivity contribution in [1.29, 1.82) is 0 Å². The van der Waals surface area contributed by atoms with Gasteiger partial charge in [0, 0.05) is 12.6 Å². The molecular formula is C26H29Cl2NO4. The summed E-state index contributed by atoms with van der Waals surface area (Å²) >= 11 is 12.6. The monoisotopic (exact) mass is 489 g/mol. The molecule has 0 saturated carbocycles. The Hall–Kier alpha value is -2.63. The predicted octanol–water partition coefficient (Wildman–Crippen LogP) is 6.47. The van der Waals surface area contributed by atoms with Crippen molar-refractivity contribution in [3.63, 3.8) is 0 Å². The lowest BCUT2D eigenvalue weighted by molar-refractivity contribution is 0.257. The van der Waals surface area contributed by atoms with Gasteiger partial charge in [-0.05, 0) is 50.5 Å². The van der Waals surface area contributed by atoms with E-state index in [2.05, 4.69) is 24.3 Å². The van der Waals surface area contributed by atoms with Crippen LogP contribution < -0.4 is 19.8 Å². The first kappa shape index (κ1) is 25.0. The average molecular weight is 490 g/mol. The highest BCUT2D eigenvalue weighted by Gasteiger charge is 2.16. The third-order valence-electron chi connectivity index (χ3n) is 5.10. The summed E-state index contributed by atoms with van der Waals surface area (Å²) in [6, 6.07) is 15.1. The smallest absolute Gasteiger partial charge is 0.269 e. The maximum atomic E-state index is 12.8. The highest BCUT2D eigenvalue weighted by molar-refractivity contribution is 6.34. The van der Waals surface area contributed by atoms with E-state index in [0.29, 0.717) is 54.1 Å². The fourth-order valence-corrected chi connectivity index (χ4v) is 3.88. The van der Waals surface area contributed by atoms with Crippen molar-refractivity contribution in [3.05, 3.63) is 85.8 Å². The Kier molecular flexibility index (Phi) is 9.10. The number of aromatic nitrogens is 1. The first-order chi connectivity index (χ1) is 15.9. The second kappa shape index (κ2) is 12.0. The molecule has 3 rings (SSSR count). The summed E-state index contributed by atoms with van der Waals surface area (Å²) in [5, 5.41) is 0.456. The Morgan fingerprint density at radius 2 is 1.64 bits per heavy atom. The van der Waals surface area contributed by atoms with Gasteiger partial charge >= 0.3 is 0 Å². The molecule has 0 spiro atoms. The molecule has 1 heterocycles. The van der Waals surface area contributed by atoms with E-state index in [-0.39, 0.29) is 17.2 Å². The van der Waals surface area contributed by atoms with Crippen molar-refractivity contribution in [2.75, 3.05) is 13.2 Å². The molecule has 1 aromatic heterocycles. The minimum Gasteiger partial charge on any atom is -0.493 e. The van der Waals surface area contributed by atoms with Gasteiger partial charge in [-0.1, -0.05) is 60.0 Å². The summed E-state index contributed by atoms with van der Waals surface area (Å²) in [5.74, 6) is 1.81. The molecule has 5 nitrogen and oxygen atoms in total. The van der Waals surface area contributed by atoms with Crippen LogP contribution in [0.2, 0.25) is 10.0 Å². The maximum Gasteiger partial charge on any atom is 0.269 e. The Morgan fingerprint density at radius 1 is 0.879 bits per heavy atom. The minimum atomic E-state index is -0.295. The van der Waals surface area contributed by atoms with Crippen LogP contribution in [0.4, 0.5) is 0 Å². The normalized spacial score (nSPS) is 10.8. The van der Waals surface area contributed by atoms with Gasteiger partial charge in [-0.15, -0.1) is 0 Å². The van der Waals surface area contributed by atoms with E-state index in [1.165, 1.54) is 11.6 Å². The van der Waals surface area contributed by atoms with E-state index in [1.807, 2.05) is 32.9 Å². The van der Waals surface area contributed by atoms with E-state index >= 15 is 0 Å². The van der Waals surface area contributed by atoms with Crippen LogP contribution in [-0.2, 0) is 19.6 Å². The fourth-order valence-electron chi connectivity index (χ4n) is 3.35. The molecule has 2 aromatic carbocycles. The number of halogens is 2. The average Bonchev–Trinajstić information content (AvgIpc) is 2.80. The highest BCUT2D eigenvalue weighted by Crippen LogP contribution is 2.33. The Labute approximate surface area is 204 Å². The molecular weight excluding hydrogens is 461 g/mol. The van der Waals surface area contributed by atoms with Crippen LogP contribution in [0.1, 0.15) is 37.1 Å². The number of pyridine rings is 1. The summed E-state index contributed by atoms with van der Waals surface area (Å²) in [5.41, 5.74) is 2.57. The third-order valence-corrected chi connectivity index (χ3v) is 5.70. The lowest BCUT2D eigenvalue weighted by Gasteiger charge is -2.18. The number of rotatable bonds is 11.